The van der Waals surface area contributed by atoms with Crippen molar-refractivity contribution in [2.75, 3.05) is 13.1 Å². The Kier molecular flexibility index (Phi) is 3.23. The van der Waals surface area contributed by atoms with Gasteiger partial charge in [-0.3, -0.25) is 4.79 Å². The first-order valence-corrected chi connectivity index (χ1v) is 7.64. The molecule has 0 saturated carbocycles. The average molecular weight is 315 g/mol. The summed E-state index contributed by atoms with van der Waals surface area (Å²) in [5.74, 6) is 0.190. The summed E-state index contributed by atoms with van der Waals surface area (Å²) in [6, 6.07) is 5.00. The minimum Gasteiger partial charge on any atom is -0.336 e. The lowest BCUT2D eigenvalue weighted by Gasteiger charge is -2.23. The van der Waals surface area contributed by atoms with Crippen LogP contribution in [0.3, 0.4) is 0 Å². The molecule has 1 amide bonds. The molecule has 0 aliphatic carbocycles. The molecular formula is C12H15BrN2OS. The van der Waals surface area contributed by atoms with Crippen LogP contribution < -0.4 is 5.32 Å². The Bertz CT molecular complexity index is 434. The van der Waals surface area contributed by atoms with Gasteiger partial charge in [0.1, 0.15) is 0 Å². The van der Waals surface area contributed by atoms with Crippen LogP contribution in [-0.4, -0.2) is 36.0 Å². The highest BCUT2D eigenvalue weighted by Crippen LogP contribution is 2.26. The second-order valence-corrected chi connectivity index (χ2v) is 7.24. The Morgan fingerprint density at radius 2 is 2.18 bits per heavy atom. The molecule has 0 radical (unpaired) electrons. The first-order chi connectivity index (χ1) is 8.22. The number of fused-ring (bicyclic) bond motifs is 2. The summed E-state index contributed by atoms with van der Waals surface area (Å²) in [7, 11) is 0. The fourth-order valence-electron chi connectivity index (χ4n) is 2.71. The average Bonchev–Trinajstić information content (AvgIpc) is 2.84. The monoisotopic (exact) mass is 314 g/mol. The number of nitrogens with one attached hydrogen (secondary N) is 1. The smallest absolute Gasteiger partial charge is 0.264 e. The maximum Gasteiger partial charge on any atom is 0.264 e. The van der Waals surface area contributed by atoms with E-state index in [1.54, 1.807) is 0 Å². The van der Waals surface area contributed by atoms with Crippen molar-refractivity contribution >= 4 is 33.2 Å². The van der Waals surface area contributed by atoms with Gasteiger partial charge in [0.2, 0.25) is 0 Å². The number of nitrogens with zero attached hydrogens (tertiary/aromatic N) is 1. The van der Waals surface area contributed by atoms with Gasteiger partial charge in [0.05, 0.1) is 8.66 Å². The maximum atomic E-state index is 12.3. The fourth-order valence-corrected chi connectivity index (χ4v) is 4.07. The van der Waals surface area contributed by atoms with Crippen LogP contribution in [0.25, 0.3) is 0 Å². The Hall–Kier alpha value is -0.390. The second kappa shape index (κ2) is 4.71. The van der Waals surface area contributed by atoms with Crippen LogP contribution in [0.5, 0.6) is 0 Å². The largest absolute Gasteiger partial charge is 0.336 e. The van der Waals surface area contributed by atoms with Gasteiger partial charge < -0.3 is 10.2 Å². The summed E-state index contributed by atoms with van der Waals surface area (Å²) in [6.07, 6.45) is 3.58. The summed E-state index contributed by atoms with van der Waals surface area (Å²) in [6.45, 7) is 1.76. The Labute approximate surface area is 113 Å². The predicted octanol–water partition coefficient (Wildman–Crippen LogP) is 2.48. The fraction of sp³-hybridized carbons (Fsp3) is 0.583. The van der Waals surface area contributed by atoms with Crippen LogP contribution in [0.4, 0.5) is 0 Å². The van der Waals surface area contributed by atoms with Gasteiger partial charge in [-0.2, -0.15) is 0 Å². The van der Waals surface area contributed by atoms with Gasteiger partial charge in [-0.15, -0.1) is 11.3 Å². The van der Waals surface area contributed by atoms with Crippen LogP contribution in [0.2, 0.25) is 0 Å². The van der Waals surface area contributed by atoms with Crippen molar-refractivity contribution in [2.45, 2.75) is 31.3 Å². The van der Waals surface area contributed by atoms with Crippen molar-refractivity contribution in [3.63, 3.8) is 0 Å². The lowest BCUT2D eigenvalue weighted by atomic mass is 10.1. The lowest BCUT2D eigenvalue weighted by Crippen LogP contribution is -2.38. The van der Waals surface area contributed by atoms with Gasteiger partial charge in [0, 0.05) is 25.2 Å². The van der Waals surface area contributed by atoms with Crippen LogP contribution in [0.1, 0.15) is 28.9 Å². The molecule has 0 aromatic carbocycles. The third kappa shape index (κ3) is 2.41. The van der Waals surface area contributed by atoms with Gasteiger partial charge in [-0.25, -0.2) is 0 Å². The molecule has 2 saturated heterocycles. The van der Waals surface area contributed by atoms with E-state index in [0.29, 0.717) is 12.1 Å². The second-order valence-electron chi connectivity index (χ2n) is 4.78. The van der Waals surface area contributed by atoms with Crippen molar-refractivity contribution in [3.8, 4) is 0 Å². The van der Waals surface area contributed by atoms with Crippen LogP contribution in [-0.2, 0) is 0 Å². The lowest BCUT2D eigenvalue weighted by molar-refractivity contribution is 0.0753. The standard InChI is InChI=1S/C12H15BrN2OS/c13-11-4-3-10(17-11)12(16)15-6-5-8-1-2-9(7-15)14-8/h3-4,8-9,14H,1-2,5-7H2. The van der Waals surface area contributed by atoms with Gasteiger partial charge in [0.15, 0.2) is 0 Å². The normalized spacial score (nSPS) is 28.2. The third-order valence-corrected chi connectivity index (χ3v) is 5.21. The molecule has 2 unspecified atom stereocenters. The molecule has 2 aliphatic heterocycles. The number of halogens is 1. The van der Waals surface area contributed by atoms with Gasteiger partial charge in [-0.05, 0) is 47.3 Å². The Morgan fingerprint density at radius 3 is 2.94 bits per heavy atom. The minimum atomic E-state index is 0.190. The van der Waals surface area contributed by atoms with E-state index in [9.17, 15) is 4.79 Å². The Morgan fingerprint density at radius 1 is 1.35 bits per heavy atom. The molecule has 3 nitrogen and oxygen atoms in total. The number of hydrogen-bond acceptors (Lipinski definition) is 3. The number of carbonyl (C=O) groups is 1. The van der Waals surface area contributed by atoms with Crippen molar-refractivity contribution < 1.29 is 4.79 Å². The summed E-state index contributed by atoms with van der Waals surface area (Å²) in [5, 5.41) is 3.59. The summed E-state index contributed by atoms with van der Waals surface area (Å²) in [5.41, 5.74) is 0. The molecule has 1 aromatic rings. The van der Waals surface area contributed by atoms with E-state index in [1.165, 1.54) is 24.2 Å². The molecule has 3 rings (SSSR count). The highest BCUT2D eigenvalue weighted by Gasteiger charge is 2.31. The molecule has 0 spiro atoms. The molecule has 3 heterocycles. The van der Waals surface area contributed by atoms with Gasteiger partial charge >= 0.3 is 0 Å². The molecule has 1 N–H and O–H groups in total. The minimum absolute atomic E-state index is 0.190. The van der Waals surface area contributed by atoms with E-state index >= 15 is 0 Å². The van der Waals surface area contributed by atoms with E-state index in [-0.39, 0.29) is 5.91 Å². The third-order valence-electron chi connectivity index (χ3n) is 3.59. The zero-order chi connectivity index (χ0) is 11.8. The quantitative estimate of drug-likeness (QED) is 0.863. The van der Waals surface area contributed by atoms with E-state index in [1.807, 2.05) is 17.0 Å². The van der Waals surface area contributed by atoms with E-state index in [4.69, 9.17) is 0 Å². The molecule has 92 valence electrons. The van der Waals surface area contributed by atoms with Gasteiger partial charge in [0.25, 0.3) is 5.91 Å². The zero-order valence-corrected chi connectivity index (χ0v) is 11.9. The van der Waals surface area contributed by atoms with Crippen molar-refractivity contribution in [1.29, 1.82) is 0 Å². The summed E-state index contributed by atoms with van der Waals surface area (Å²) >= 11 is 4.93. The zero-order valence-electron chi connectivity index (χ0n) is 9.49. The maximum absolute atomic E-state index is 12.3. The van der Waals surface area contributed by atoms with E-state index < -0.39 is 0 Å². The number of thiophene rings is 1. The number of rotatable bonds is 1. The molecule has 2 bridgehead atoms. The van der Waals surface area contributed by atoms with Gasteiger partial charge in [-0.1, -0.05) is 0 Å². The molecule has 2 aliphatic rings. The first kappa shape index (κ1) is 11.7. The van der Waals surface area contributed by atoms with E-state index in [2.05, 4.69) is 21.2 Å². The highest BCUT2D eigenvalue weighted by atomic mass is 79.9. The van der Waals surface area contributed by atoms with Crippen LogP contribution >= 0.6 is 27.3 Å². The summed E-state index contributed by atoms with van der Waals surface area (Å²) < 4.78 is 1.02. The topological polar surface area (TPSA) is 32.3 Å². The summed E-state index contributed by atoms with van der Waals surface area (Å²) in [4.78, 5) is 15.2. The Balaban J connectivity index is 1.73. The highest BCUT2D eigenvalue weighted by molar-refractivity contribution is 9.11. The number of hydrogen-bond donors (Lipinski definition) is 1. The van der Waals surface area contributed by atoms with Crippen molar-refractivity contribution in [1.82, 2.24) is 10.2 Å². The number of likely N-dealkylation sites (tertiary alicyclic amines) is 1. The number of amides is 1. The molecular weight excluding hydrogens is 300 g/mol. The van der Waals surface area contributed by atoms with Crippen LogP contribution in [0.15, 0.2) is 15.9 Å². The van der Waals surface area contributed by atoms with Crippen molar-refractivity contribution in [2.24, 2.45) is 0 Å². The van der Waals surface area contributed by atoms with Crippen LogP contribution in [0, 0.1) is 0 Å². The predicted molar refractivity (Wildman–Crippen MR) is 72.5 cm³/mol. The SMILES string of the molecule is O=C(c1ccc(Br)s1)N1CCC2CCC(C1)N2. The van der Waals surface area contributed by atoms with Crippen molar-refractivity contribution in [3.05, 3.63) is 20.8 Å². The molecule has 17 heavy (non-hydrogen) atoms. The molecule has 2 atom stereocenters. The first-order valence-electron chi connectivity index (χ1n) is 6.03. The molecule has 5 heteroatoms. The molecule has 2 fully saturated rings. The molecule has 1 aromatic heterocycles. The van der Waals surface area contributed by atoms with E-state index in [0.717, 1.165) is 28.2 Å². The number of carbonyl (C=O) groups excluding carboxylic acids is 1.